The van der Waals surface area contributed by atoms with E-state index in [0.717, 1.165) is 42.6 Å². The number of hydrazone groups is 1. The summed E-state index contributed by atoms with van der Waals surface area (Å²) in [5.74, 6) is 12.3. The van der Waals surface area contributed by atoms with E-state index in [1.807, 2.05) is 43.0 Å². The number of nitrogens with one attached hydrogen (secondary N) is 1. The van der Waals surface area contributed by atoms with Gasteiger partial charge in [0.05, 0.1) is 17.2 Å². The molecule has 3 rings (SSSR count). The maximum absolute atomic E-state index is 12.7. The van der Waals surface area contributed by atoms with Crippen LogP contribution in [0.1, 0.15) is 37.0 Å². The number of benzene rings is 1. The lowest BCUT2D eigenvalue weighted by atomic mass is 10.0. The van der Waals surface area contributed by atoms with E-state index in [9.17, 15) is 4.79 Å². The molecule has 0 bridgehead atoms. The largest absolute Gasteiger partial charge is 0.491 e. The first-order valence-corrected chi connectivity index (χ1v) is 9.76. The summed E-state index contributed by atoms with van der Waals surface area (Å²) in [6, 6.07) is 7.64. The van der Waals surface area contributed by atoms with Crippen LogP contribution in [-0.2, 0) is 0 Å². The molecule has 0 radical (unpaired) electrons. The molecule has 1 aromatic heterocycles. The average molecular weight is 399 g/mol. The number of likely N-dealkylation sites (tertiary alicyclic amines) is 1. The molecule has 0 saturated carbocycles. The van der Waals surface area contributed by atoms with Crippen molar-refractivity contribution in [1.29, 1.82) is 0 Å². The van der Waals surface area contributed by atoms with Crippen LogP contribution in [0.15, 0.2) is 35.6 Å². The minimum atomic E-state index is -0.121. The van der Waals surface area contributed by atoms with Crippen LogP contribution in [0.5, 0.6) is 5.75 Å². The molecule has 2 aromatic rings. The Morgan fingerprint density at radius 1 is 1.34 bits per heavy atom. The minimum absolute atomic E-state index is 0.0818. The molecule has 9 heteroatoms. The van der Waals surface area contributed by atoms with Crippen LogP contribution in [-0.4, -0.2) is 59.0 Å². The summed E-state index contributed by atoms with van der Waals surface area (Å²) in [5.41, 5.74) is 1.34. The number of hydrazine groups is 1. The molecule has 5 N–H and O–H groups in total. The van der Waals surface area contributed by atoms with E-state index in [2.05, 4.69) is 15.4 Å². The zero-order valence-electron chi connectivity index (χ0n) is 17.1. The predicted molar refractivity (Wildman–Crippen MR) is 113 cm³/mol. The number of pyridine rings is 1. The molecule has 1 aromatic carbocycles. The van der Waals surface area contributed by atoms with E-state index in [1.165, 1.54) is 5.01 Å². The highest BCUT2D eigenvalue weighted by atomic mass is 16.5. The first-order chi connectivity index (χ1) is 13.9. The van der Waals surface area contributed by atoms with Crippen LogP contribution in [0, 0.1) is 0 Å². The number of rotatable bonds is 4. The second kappa shape index (κ2) is 8.95. The first kappa shape index (κ1) is 20.7. The van der Waals surface area contributed by atoms with Crippen LogP contribution in [0.3, 0.4) is 0 Å². The van der Waals surface area contributed by atoms with E-state index < -0.39 is 0 Å². The van der Waals surface area contributed by atoms with E-state index >= 15 is 0 Å². The number of fused-ring (bicyclic) bond motifs is 1. The molecule has 2 heterocycles. The summed E-state index contributed by atoms with van der Waals surface area (Å²) in [6.07, 6.45) is 3.28. The van der Waals surface area contributed by atoms with Gasteiger partial charge in [-0.25, -0.2) is 5.84 Å². The number of nitrogens with zero attached hydrogens (tertiary/aromatic N) is 4. The normalized spacial score (nSPS) is 15.6. The van der Waals surface area contributed by atoms with Gasteiger partial charge in [-0.2, -0.15) is 0 Å². The average Bonchev–Trinajstić information content (AvgIpc) is 2.68. The highest BCUT2D eigenvalue weighted by Crippen LogP contribution is 2.21. The van der Waals surface area contributed by atoms with Crippen molar-refractivity contribution in [3.8, 4) is 5.75 Å². The zero-order chi connectivity index (χ0) is 21.0. The maximum atomic E-state index is 12.7. The fourth-order valence-electron chi connectivity index (χ4n) is 3.46. The molecule has 1 amide bonds. The van der Waals surface area contributed by atoms with Crippen LogP contribution in [0.25, 0.3) is 10.9 Å². The van der Waals surface area contributed by atoms with Gasteiger partial charge in [-0.15, -0.1) is 5.10 Å². The third-order valence-corrected chi connectivity index (χ3v) is 4.83. The topological polar surface area (TPSA) is 122 Å². The van der Waals surface area contributed by atoms with Crippen molar-refractivity contribution in [1.82, 2.24) is 20.2 Å². The van der Waals surface area contributed by atoms with Gasteiger partial charge in [0.1, 0.15) is 5.75 Å². The molecule has 1 aliphatic rings. The van der Waals surface area contributed by atoms with Gasteiger partial charge in [0.2, 0.25) is 5.96 Å². The summed E-state index contributed by atoms with van der Waals surface area (Å²) in [6.45, 7) is 5.40. The van der Waals surface area contributed by atoms with Gasteiger partial charge >= 0.3 is 0 Å². The molecular formula is C20H29N7O2. The van der Waals surface area contributed by atoms with Gasteiger partial charge in [-0.3, -0.25) is 14.8 Å². The lowest BCUT2D eigenvalue weighted by molar-refractivity contribution is 0.0920. The van der Waals surface area contributed by atoms with Gasteiger partial charge < -0.3 is 20.8 Å². The quantitative estimate of drug-likeness (QED) is 0.306. The molecule has 0 unspecified atom stereocenters. The monoisotopic (exact) mass is 399 g/mol. The molecule has 0 aliphatic carbocycles. The van der Waals surface area contributed by atoms with Crippen molar-refractivity contribution >= 4 is 22.8 Å². The molecular weight excluding hydrogens is 370 g/mol. The predicted octanol–water partition coefficient (Wildman–Crippen LogP) is 1.25. The van der Waals surface area contributed by atoms with Gasteiger partial charge in [-0.1, -0.05) is 0 Å². The summed E-state index contributed by atoms with van der Waals surface area (Å²) in [5, 5.41) is 9.13. The number of ether oxygens (including phenoxy) is 1. The standard InChI is InChI=1S/C20H29N7O2/c1-13(2)29-17-5-4-14-10-15(12-23-18(14)11-17)19(28)24-16-6-8-27(9-7-16)20(25-21)26(3)22/h4-5,10-13,16H,6-9,21-22H2,1-3H3,(H,24,28)/b25-20+. The first-order valence-electron chi connectivity index (χ1n) is 9.76. The van der Waals surface area contributed by atoms with Crippen LogP contribution < -0.4 is 21.7 Å². The van der Waals surface area contributed by atoms with E-state index in [4.69, 9.17) is 16.4 Å². The molecule has 0 atom stereocenters. The van der Waals surface area contributed by atoms with Crippen molar-refractivity contribution in [3.05, 3.63) is 36.0 Å². The Labute approximate surface area is 170 Å². The third-order valence-electron chi connectivity index (χ3n) is 4.83. The summed E-state index contributed by atoms with van der Waals surface area (Å²) >= 11 is 0. The molecule has 9 nitrogen and oxygen atoms in total. The van der Waals surface area contributed by atoms with Gasteiger partial charge in [-0.05, 0) is 44.9 Å². The second-order valence-electron chi connectivity index (χ2n) is 7.52. The number of aromatic nitrogens is 1. The van der Waals surface area contributed by atoms with Crippen molar-refractivity contribution < 1.29 is 9.53 Å². The SMILES string of the molecule is CC(C)Oc1ccc2cc(C(=O)NC3CCN(/C(=N/N)N(C)N)CC3)cnc2c1. The molecule has 1 fully saturated rings. The highest BCUT2D eigenvalue weighted by molar-refractivity contribution is 5.97. The Hall–Kier alpha value is -3.07. The minimum Gasteiger partial charge on any atom is -0.491 e. The van der Waals surface area contributed by atoms with E-state index in [0.29, 0.717) is 11.5 Å². The van der Waals surface area contributed by atoms with E-state index in [-0.39, 0.29) is 18.1 Å². The number of piperidine rings is 1. The Morgan fingerprint density at radius 3 is 2.69 bits per heavy atom. The molecule has 1 aliphatic heterocycles. The van der Waals surface area contributed by atoms with Crippen molar-refractivity contribution in [2.45, 2.75) is 38.8 Å². The smallest absolute Gasteiger partial charge is 0.253 e. The molecule has 29 heavy (non-hydrogen) atoms. The fraction of sp³-hybridized carbons (Fsp3) is 0.450. The maximum Gasteiger partial charge on any atom is 0.253 e. The highest BCUT2D eigenvalue weighted by Gasteiger charge is 2.24. The molecule has 1 saturated heterocycles. The summed E-state index contributed by atoms with van der Waals surface area (Å²) in [4.78, 5) is 19.1. The second-order valence-corrected chi connectivity index (χ2v) is 7.52. The van der Waals surface area contributed by atoms with Crippen molar-refractivity contribution in [2.24, 2.45) is 16.8 Å². The van der Waals surface area contributed by atoms with Crippen LogP contribution in [0.2, 0.25) is 0 Å². The summed E-state index contributed by atoms with van der Waals surface area (Å²) in [7, 11) is 1.70. The number of carbonyl (C=O) groups excluding carboxylic acids is 1. The number of nitrogens with two attached hydrogens (primary N) is 2. The number of hydrogen-bond donors (Lipinski definition) is 3. The number of amides is 1. The number of guanidine groups is 1. The molecule has 0 spiro atoms. The van der Waals surface area contributed by atoms with E-state index in [1.54, 1.807) is 13.2 Å². The Kier molecular flexibility index (Phi) is 6.38. The fourth-order valence-corrected chi connectivity index (χ4v) is 3.46. The van der Waals surface area contributed by atoms with Crippen LogP contribution in [0.4, 0.5) is 0 Å². The lowest BCUT2D eigenvalue weighted by Gasteiger charge is -2.35. The Morgan fingerprint density at radius 2 is 2.07 bits per heavy atom. The molecule has 156 valence electrons. The van der Waals surface area contributed by atoms with Gasteiger partial charge in [0.25, 0.3) is 5.91 Å². The lowest BCUT2D eigenvalue weighted by Crippen LogP contribution is -2.52. The summed E-state index contributed by atoms with van der Waals surface area (Å²) < 4.78 is 5.70. The van der Waals surface area contributed by atoms with Gasteiger partial charge in [0, 0.05) is 43.8 Å². The number of carbonyl (C=O) groups is 1. The van der Waals surface area contributed by atoms with Crippen LogP contribution >= 0.6 is 0 Å². The number of hydrogen-bond acceptors (Lipinski definition) is 6. The Bertz CT molecular complexity index is 890. The van der Waals surface area contributed by atoms with Crippen molar-refractivity contribution in [2.75, 3.05) is 20.1 Å². The van der Waals surface area contributed by atoms with Gasteiger partial charge in [0.15, 0.2) is 0 Å². The Balaban J connectivity index is 1.62. The third kappa shape index (κ3) is 5.05. The van der Waals surface area contributed by atoms with Crippen molar-refractivity contribution in [3.63, 3.8) is 0 Å². The zero-order valence-corrected chi connectivity index (χ0v) is 17.1.